The number of fused-ring (bicyclic) bond motifs is 1. The van der Waals surface area contributed by atoms with Gasteiger partial charge in [-0.2, -0.15) is 0 Å². The Morgan fingerprint density at radius 1 is 0.966 bits per heavy atom. The molecule has 4 rings (SSSR count). The van der Waals surface area contributed by atoms with E-state index in [1.54, 1.807) is 18.2 Å². The summed E-state index contributed by atoms with van der Waals surface area (Å²) >= 11 is 0. The largest absolute Gasteiger partial charge is 0.454 e. The average Bonchev–Trinajstić information content (AvgIpc) is 3.20. The number of amides is 1. The molecule has 6 nitrogen and oxygen atoms in total. The fraction of sp³-hybridized carbons (Fsp3) is 0.381. The lowest BCUT2D eigenvalue weighted by atomic mass is 10.1. The van der Waals surface area contributed by atoms with Crippen LogP contribution in [0.4, 0.5) is 8.78 Å². The summed E-state index contributed by atoms with van der Waals surface area (Å²) in [6.45, 7) is 5.02. The van der Waals surface area contributed by atoms with E-state index in [0.717, 1.165) is 38.8 Å². The lowest BCUT2D eigenvalue weighted by Gasteiger charge is -2.34. The molecule has 29 heavy (non-hydrogen) atoms. The van der Waals surface area contributed by atoms with Crippen molar-refractivity contribution in [2.45, 2.75) is 6.54 Å². The van der Waals surface area contributed by atoms with Crippen LogP contribution in [-0.2, 0) is 6.54 Å². The third-order valence-electron chi connectivity index (χ3n) is 5.21. The first kappa shape index (κ1) is 19.6. The van der Waals surface area contributed by atoms with Gasteiger partial charge in [0.2, 0.25) is 6.79 Å². The minimum atomic E-state index is -0.418. The third-order valence-corrected chi connectivity index (χ3v) is 5.21. The van der Waals surface area contributed by atoms with Crippen LogP contribution >= 0.6 is 0 Å². The van der Waals surface area contributed by atoms with E-state index in [2.05, 4.69) is 15.1 Å². The Bertz CT molecular complexity index is 885. The van der Waals surface area contributed by atoms with Gasteiger partial charge in [0, 0.05) is 56.9 Å². The summed E-state index contributed by atoms with van der Waals surface area (Å²) < 4.78 is 37.7. The predicted octanol–water partition coefficient (Wildman–Crippen LogP) is 2.24. The van der Waals surface area contributed by atoms with E-state index >= 15 is 0 Å². The van der Waals surface area contributed by atoms with Gasteiger partial charge < -0.3 is 14.8 Å². The summed E-state index contributed by atoms with van der Waals surface area (Å²) in [6, 6.07) is 8.69. The lowest BCUT2D eigenvalue weighted by Crippen LogP contribution is -2.48. The number of nitrogens with one attached hydrogen (secondary N) is 1. The molecule has 8 heteroatoms. The fourth-order valence-electron chi connectivity index (χ4n) is 3.54. The van der Waals surface area contributed by atoms with Crippen LogP contribution in [-0.4, -0.2) is 61.8 Å². The SMILES string of the molecule is O=C(NCCN1CCN(Cc2cc(F)ccc2F)CC1)c1ccc2c(c1)OCO2. The Morgan fingerprint density at radius 2 is 1.72 bits per heavy atom. The summed E-state index contributed by atoms with van der Waals surface area (Å²) in [6.07, 6.45) is 0. The quantitative estimate of drug-likeness (QED) is 0.802. The van der Waals surface area contributed by atoms with Crippen LogP contribution < -0.4 is 14.8 Å². The van der Waals surface area contributed by atoms with Crippen LogP contribution in [0.2, 0.25) is 0 Å². The molecular weight excluding hydrogens is 380 g/mol. The zero-order valence-corrected chi connectivity index (χ0v) is 16.0. The highest BCUT2D eigenvalue weighted by Gasteiger charge is 2.19. The number of rotatable bonds is 6. The molecule has 1 N–H and O–H groups in total. The number of benzene rings is 2. The minimum absolute atomic E-state index is 0.150. The molecule has 2 aromatic rings. The predicted molar refractivity (Wildman–Crippen MR) is 103 cm³/mol. The highest BCUT2D eigenvalue weighted by molar-refractivity contribution is 5.94. The van der Waals surface area contributed by atoms with Crippen molar-refractivity contribution in [1.82, 2.24) is 15.1 Å². The van der Waals surface area contributed by atoms with E-state index in [-0.39, 0.29) is 18.5 Å². The zero-order valence-electron chi connectivity index (χ0n) is 16.0. The van der Waals surface area contributed by atoms with Gasteiger partial charge >= 0.3 is 0 Å². The topological polar surface area (TPSA) is 54.0 Å². The molecule has 1 amide bonds. The van der Waals surface area contributed by atoms with Gasteiger partial charge in [0.15, 0.2) is 11.5 Å². The van der Waals surface area contributed by atoms with Gasteiger partial charge in [0.25, 0.3) is 5.91 Å². The monoisotopic (exact) mass is 403 g/mol. The minimum Gasteiger partial charge on any atom is -0.454 e. The van der Waals surface area contributed by atoms with Crippen molar-refractivity contribution in [3.63, 3.8) is 0 Å². The van der Waals surface area contributed by atoms with Crippen LogP contribution in [0.15, 0.2) is 36.4 Å². The van der Waals surface area contributed by atoms with E-state index in [1.165, 1.54) is 12.1 Å². The molecule has 0 atom stereocenters. The molecule has 2 aromatic carbocycles. The molecule has 0 unspecified atom stereocenters. The third kappa shape index (κ3) is 4.83. The van der Waals surface area contributed by atoms with Crippen LogP contribution in [0.1, 0.15) is 15.9 Å². The number of carbonyl (C=O) groups is 1. The normalized spacial score (nSPS) is 16.8. The number of hydrogen-bond acceptors (Lipinski definition) is 5. The molecule has 0 aromatic heterocycles. The first-order valence-electron chi connectivity index (χ1n) is 9.65. The zero-order chi connectivity index (χ0) is 20.2. The van der Waals surface area contributed by atoms with Crippen molar-refractivity contribution < 1.29 is 23.0 Å². The molecule has 1 fully saturated rings. The number of piperazine rings is 1. The summed E-state index contributed by atoms with van der Waals surface area (Å²) in [5.41, 5.74) is 0.922. The van der Waals surface area contributed by atoms with Crippen LogP contribution in [0.5, 0.6) is 11.5 Å². The molecule has 0 aliphatic carbocycles. The number of carbonyl (C=O) groups excluding carboxylic acids is 1. The molecule has 0 saturated carbocycles. The fourth-order valence-corrected chi connectivity index (χ4v) is 3.54. The highest BCUT2D eigenvalue weighted by atomic mass is 19.1. The highest BCUT2D eigenvalue weighted by Crippen LogP contribution is 2.32. The molecule has 154 valence electrons. The summed E-state index contributed by atoms with van der Waals surface area (Å²) in [5, 5.41) is 2.92. The van der Waals surface area contributed by atoms with Crippen molar-refractivity contribution in [1.29, 1.82) is 0 Å². The van der Waals surface area contributed by atoms with E-state index in [1.807, 2.05) is 0 Å². The van der Waals surface area contributed by atoms with Gasteiger partial charge in [-0.1, -0.05) is 0 Å². The Balaban J connectivity index is 1.19. The van der Waals surface area contributed by atoms with Gasteiger partial charge in [-0.3, -0.25) is 14.6 Å². The van der Waals surface area contributed by atoms with Crippen LogP contribution in [0.25, 0.3) is 0 Å². The number of hydrogen-bond donors (Lipinski definition) is 1. The Labute approximate surface area is 168 Å². The summed E-state index contributed by atoms with van der Waals surface area (Å²) in [5.74, 6) is 0.294. The number of ether oxygens (including phenoxy) is 2. The summed E-state index contributed by atoms with van der Waals surface area (Å²) in [7, 11) is 0. The van der Waals surface area contributed by atoms with Crippen molar-refractivity contribution in [2.24, 2.45) is 0 Å². The van der Waals surface area contributed by atoms with E-state index in [4.69, 9.17) is 9.47 Å². The molecule has 0 spiro atoms. The van der Waals surface area contributed by atoms with Crippen LogP contribution in [0, 0.1) is 11.6 Å². The molecule has 0 bridgehead atoms. The first-order valence-corrected chi connectivity index (χ1v) is 9.65. The van der Waals surface area contributed by atoms with E-state index < -0.39 is 5.82 Å². The smallest absolute Gasteiger partial charge is 0.251 e. The molecular formula is C21H23F2N3O3. The Kier molecular flexibility index (Phi) is 5.92. The van der Waals surface area contributed by atoms with Gasteiger partial charge in [0.05, 0.1) is 0 Å². The Hall–Kier alpha value is -2.71. The second-order valence-electron chi connectivity index (χ2n) is 7.18. The maximum atomic E-state index is 13.8. The second-order valence-corrected chi connectivity index (χ2v) is 7.18. The van der Waals surface area contributed by atoms with Crippen LogP contribution in [0.3, 0.4) is 0 Å². The Morgan fingerprint density at radius 3 is 2.55 bits per heavy atom. The van der Waals surface area contributed by atoms with Crippen molar-refractivity contribution in [3.8, 4) is 11.5 Å². The van der Waals surface area contributed by atoms with Crippen molar-refractivity contribution in [3.05, 3.63) is 59.2 Å². The maximum Gasteiger partial charge on any atom is 0.251 e. The first-order chi connectivity index (χ1) is 14.1. The standard InChI is InChI=1S/C21H23F2N3O3/c22-17-2-3-18(23)16(11-17)13-26-9-7-25(8-10-26)6-5-24-21(27)15-1-4-19-20(12-15)29-14-28-19/h1-4,11-12H,5-10,13-14H2,(H,24,27). The number of nitrogens with zero attached hydrogens (tertiary/aromatic N) is 2. The number of halogens is 2. The van der Waals surface area contributed by atoms with Gasteiger partial charge in [-0.15, -0.1) is 0 Å². The lowest BCUT2D eigenvalue weighted by molar-refractivity contribution is 0.0933. The molecule has 0 radical (unpaired) electrons. The summed E-state index contributed by atoms with van der Waals surface area (Å²) in [4.78, 5) is 16.7. The maximum absolute atomic E-state index is 13.8. The van der Waals surface area contributed by atoms with E-state index in [0.29, 0.717) is 35.7 Å². The van der Waals surface area contributed by atoms with Gasteiger partial charge in [-0.25, -0.2) is 8.78 Å². The van der Waals surface area contributed by atoms with Crippen molar-refractivity contribution in [2.75, 3.05) is 46.1 Å². The second kappa shape index (κ2) is 8.75. The molecule has 2 aliphatic rings. The van der Waals surface area contributed by atoms with Gasteiger partial charge in [-0.05, 0) is 36.4 Å². The van der Waals surface area contributed by atoms with Gasteiger partial charge in [0.1, 0.15) is 11.6 Å². The molecule has 2 heterocycles. The molecule has 1 saturated heterocycles. The molecule has 2 aliphatic heterocycles. The van der Waals surface area contributed by atoms with Crippen molar-refractivity contribution >= 4 is 5.91 Å². The van der Waals surface area contributed by atoms with E-state index in [9.17, 15) is 13.6 Å². The average molecular weight is 403 g/mol.